The lowest BCUT2D eigenvalue weighted by Crippen LogP contribution is -2.37. The van der Waals surface area contributed by atoms with Gasteiger partial charge < -0.3 is 21.1 Å². The number of nitrogens with two attached hydrogens (primary N) is 1. The molecule has 0 bridgehead atoms. The Morgan fingerprint density at radius 3 is 2.69 bits per heavy atom. The molecule has 3 rings (SSSR count). The summed E-state index contributed by atoms with van der Waals surface area (Å²) in [6.45, 7) is 5.35. The molecule has 0 fully saturated rings. The third kappa shape index (κ3) is 5.52. The zero-order valence-electron chi connectivity index (χ0n) is 17.7. The van der Waals surface area contributed by atoms with E-state index < -0.39 is 16.3 Å². The molecule has 2 amide bonds. The van der Waals surface area contributed by atoms with Crippen LogP contribution in [0.2, 0.25) is 0 Å². The van der Waals surface area contributed by atoms with Gasteiger partial charge in [0.1, 0.15) is 18.2 Å². The summed E-state index contributed by atoms with van der Waals surface area (Å²) in [6, 6.07) is 7.40. The number of amides is 2. The van der Waals surface area contributed by atoms with Crippen LogP contribution in [0.15, 0.2) is 40.9 Å². The van der Waals surface area contributed by atoms with E-state index in [2.05, 4.69) is 24.7 Å². The average molecular weight is 461 g/mol. The maximum absolute atomic E-state index is 12.6. The van der Waals surface area contributed by atoms with Crippen LogP contribution in [0.3, 0.4) is 0 Å². The van der Waals surface area contributed by atoms with Gasteiger partial charge in [0.25, 0.3) is 5.91 Å². The minimum atomic E-state index is -3.89. The summed E-state index contributed by atoms with van der Waals surface area (Å²) in [5, 5.41) is 5.45. The number of amidine groups is 1. The Balaban J connectivity index is 1.64. The van der Waals surface area contributed by atoms with Gasteiger partial charge in [0, 0.05) is 17.7 Å². The van der Waals surface area contributed by atoms with E-state index in [1.807, 2.05) is 0 Å². The van der Waals surface area contributed by atoms with Crippen LogP contribution in [0.25, 0.3) is 0 Å². The number of ether oxygens (including phenoxy) is 1. The molecule has 1 aliphatic rings. The molecular formula is C20H24N6O5S. The molecule has 12 heteroatoms. The summed E-state index contributed by atoms with van der Waals surface area (Å²) in [6.07, 6.45) is 1.44. The number of anilines is 2. The SMILES string of the molecule is CC(COc1cccc2c1C(N)=NS(=O)(=O)N2)NC(=O)c1ccnc(NC(=O)C(C)C)c1. The lowest BCUT2D eigenvalue weighted by molar-refractivity contribution is -0.118. The Kier molecular flexibility index (Phi) is 6.63. The van der Waals surface area contributed by atoms with Gasteiger partial charge in [0.15, 0.2) is 5.84 Å². The molecule has 32 heavy (non-hydrogen) atoms. The standard InChI is InChI=1S/C20H24N6O5S/c1-11(2)19(27)24-16-9-13(7-8-22-16)20(28)23-12(3)10-31-15-6-4-5-14-17(15)18(21)26-32(29,30)25-14/h4-9,11-12,25H,10H2,1-3H3,(H2,21,26)(H,23,28)(H,22,24,27). The lowest BCUT2D eigenvalue weighted by atomic mass is 10.1. The molecule has 0 spiro atoms. The average Bonchev–Trinajstić information content (AvgIpc) is 2.71. The highest BCUT2D eigenvalue weighted by molar-refractivity contribution is 7.91. The predicted molar refractivity (Wildman–Crippen MR) is 120 cm³/mol. The number of carbonyl (C=O) groups is 2. The third-order valence-corrected chi connectivity index (χ3v) is 5.32. The topological polar surface area (TPSA) is 165 Å². The van der Waals surface area contributed by atoms with E-state index in [4.69, 9.17) is 10.5 Å². The van der Waals surface area contributed by atoms with Gasteiger partial charge in [-0.15, -0.1) is 4.40 Å². The monoisotopic (exact) mass is 460 g/mol. The van der Waals surface area contributed by atoms with Crippen molar-refractivity contribution in [3.63, 3.8) is 0 Å². The molecule has 1 aromatic heterocycles. The molecule has 0 saturated carbocycles. The second-order valence-corrected chi connectivity index (χ2v) is 8.83. The fourth-order valence-corrected chi connectivity index (χ4v) is 3.66. The number of fused-ring (bicyclic) bond motifs is 1. The van der Waals surface area contributed by atoms with E-state index in [1.165, 1.54) is 18.3 Å². The molecule has 1 atom stereocenters. The van der Waals surface area contributed by atoms with Crippen LogP contribution in [0, 0.1) is 5.92 Å². The van der Waals surface area contributed by atoms with Crippen molar-refractivity contribution in [2.75, 3.05) is 16.6 Å². The first-order chi connectivity index (χ1) is 15.1. The third-order valence-electron chi connectivity index (χ3n) is 4.40. The number of hydrogen-bond donors (Lipinski definition) is 4. The fourth-order valence-electron chi connectivity index (χ4n) is 2.81. The lowest BCUT2D eigenvalue weighted by Gasteiger charge is -2.21. The summed E-state index contributed by atoms with van der Waals surface area (Å²) >= 11 is 0. The number of benzene rings is 1. The summed E-state index contributed by atoms with van der Waals surface area (Å²) < 4.78 is 34.9. The predicted octanol–water partition coefficient (Wildman–Crippen LogP) is 1.25. The van der Waals surface area contributed by atoms with Crippen LogP contribution in [-0.4, -0.2) is 43.7 Å². The van der Waals surface area contributed by atoms with Crippen LogP contribution in [0.1, 0.15) is 36.7 Å². The van der Waals surface area contributed by atoms with Gasteiger partial charge in [0.2, 0.25) is 5.91 Å². The molecule has 0 aliphatic carbocycles. The van der Waals surface area contributed by atoms with Crippen molar-refractivity contribution in [1.82, 2.24) is 10.3 Å². The molecule has 1 aromatic carbocycles. The zero-order valence-corrected chi connectivity index (χ0v) is 18.6. The first kappa shape index (κ1) is 23.0. The second kappa shape index (κ2) is 9.22. The molecule has 1 aliphatic heterocycles. The highest BCUT2D eigenvalue weighted by Gasteiger charge is 2.24. The number of hydrogen-bond acceptors (Lipinski definition) is 7. The van der Waals surface area contributed by atoms with Gasteiger partial charge in [-0.2, -0.15) is 8.42 Å². The van der Waals surface area contributed by atoms with Crippen LogP contribution in [0.4, 0.5) is 11.5 Å². The minimum absolute atomic E-state index is 0.0875. The summed E-state index contributed by atoms with van der Waals surface area (Å²) in [4.78, 5) is 28.4. The number of nitrogens with zero attached hydrogens (tertiary/aromatic N) is 2. The van der Waals surface area contributed by atoms with Gasteiger partial charge in [0.05, 0.1) is 17.3 Å². The first-order valence-electron chi connectivity index (χ1n) is 9.78. The van der Waals surface area contributed by atoms with E-state index in [0.29, 0.717) is 16.9 Å². The maximum Gasteiger partial charge on any atom is 0.344 e. The number of carbonyl (C=O) groups excluding carboxylic acids is 2. The van der Waals surface area contributed by atoms with Crippen LogP contribution >= 0.6 is 0 Å². The van der Waals surface area contributed by atoms with Crippen molar-refractivity contribution >= 4 is 39.4 Å². The molecule has 11 nitrogen and oxygen atoms in total. The highest BCUT2D eigenvalue weighted by Crippen LogP contribution is 2.30. The van der Waals surface area contributed by atoms with Crippen molar-refractivity contribution in [2.45, 2.75) is 26.8 Å². The number of pyridine rings is 1. The Morgan fingerprint density at radius 2 is 1.97 bits per heavy atom. The van der Waals surface area contributed by atoms with Crippen molar-refractivity contribution in [3.8, 4) is 5.75 Å². The van der Waals surface area contributed by atoms with Crippen molar-refractivity contribution in [3.05, 3.63) is 47.7 Å². The fraction of sp³-hybridized carbons (Fsp3) is 0.300. The van der Waals surface area contributed by atoms with Crippen LogP contribution in [-0.2, 0) is 15.0 Å². The molecular weight excluding hydrogens is 436 g/mol. The molecule has 2 aromatic rings. The summed E-state index contributed by atoms with van der Waals surface area (Å²) in [7, 11) is -3.89. The van der Waals surface area contributed by atoms with E-state index in [1.54, 1.807) is 39.0 Å². The van der Waals surface area contributed by atoms with E-state index in [9.17, 15) is 18.0 Å². The van der Waals surface area contributed by atoms with Crippen molar-refractivity contribution in [2.24, 2.45) is 16.0 Å². The molecule has 0 saturated heterocycles. The molecule has 1 unspecified atom stereocenters. The minimum Gasteiger partial charge on any atom is -0.491 e. The molecule has 170 valence electrons. The molecule has 2 heterocycles. The van der Waals surface area contributed by atoms with E-state index in [-0.39, 0.29) is 41.7 Å². The van der Waals surface area contributed by atoms with Crippen LogP contribution in [0.5, 0.6) is 5.75 Å². The van der Waals surface area contributed by atoms with Crippen LogP contribution < -0.4 is 25.8 Å². The molecule has 5 N–H and O–H groups in total. The van der Waals surface area contributed by atoms with Crippen molar-refractivity contribution in [1.29, 1.82) is 0 Å². The zero-order chi connectivity index (χ0) is 23.5. The largest absolute Gasteiger partial charge is 0.491 e. The summed E-state index contributed by atoms with van der Waals surface area (Å²) in [5.41, 5.74) is 6.72. The second-order valence-electron chi connectivity index (χ2n) is 7.49. The quantitative estimate of drug-likeness (QED) is 0.483. The van der Waals surface area contributed by atoms with Gasteiger partial charge in [-0.3, -0.25) is 14.3 Å². The Labute approximate surface area is 185 Å². The van der Waals surface area contributed by atoms with Gasteiger partial charge in [-0.05, 0) is 31.2 Å². The normalized spacial score (nSPS) is 15.1. The first-order valence-corrected chi connectivity index (χ1v) is 11.2. The van der Waals surface area contributed by atoms with E-state index >= 15 is 0 Å². The molecule has 0 radical (unpaired) electrons. The Bertz CT molecular complexity index is 1180. The smallest absolute Gasteiger partial charge is 0.344 e. The Hall–Kier alpha value is -3.67. The van der Waals surface area contributed by atoms with E-state index in [0.717, 1.165) is 0 Å². The highest BCUT2D eigenvalue weighted by atomic mass is 32.2. The van der Waals surface area contributed by atoms with Gasteiger partial charge in [-0.1, -0.05) is 19.9 Å². The number of rotatable bonds is 7. The van der Waals surface area contributed by atoms with Gasteiger partial charge in [-0.25, -0.2) is 4.98 Å². The number of nitrogens with one attached hydrogen (secondary N) is 3. The van der Waals surface area contributed by atoms with Crippen molar-refractivity contribution < 1.29 is 22.7 Å². The Morgan fingerprint density at radius 1 is 1.22 bits per heavy atom. The number of aromatic nitrogens is 1. The summed E-state index contributed by atoms with van der Waals surface area (Å²) in [5.74, 6) is -0.354. The maximum atomic E-state index is 12.6. The van der Waals surface area contributed by atoms with Gasteiger partial charge >= 0.3 is 10.2 Å².